The molecule has 0 aliphatic carbocycles. The Morgan fingerprint density at radius 2 is 1.00 bits per heavy atom. The number of hydrogen-bond acceptors (Lipinski definition) is 4. The standard InChI is InChI=1S/2C11H14O2/c2*1-9(11(12)13-2)8-10-6-4-3-5-7-10/h2*3-7,9H,8H2,1-2H3. The van der Waals surface area contributed by atoms with Crippen LogP contribution in [0.1, 0.15) is 25.0 Å². The van der Waals surface area contributed by atoms with Crippen LogP contribution in [0.2, 0.25) is 0 Å². The first kappa shape index (κ1) is 21.4. The van der Waals surface area contributed by atoms with Gasteiger partial charge in [-0.2, -0.15) is 0 Å². The summed E-state index contributed by atoms with van der Waals surface area (Å²) in [5, 5.41) is 0. The predicted molar refractivity (Wildman–Crippen MR) is 103 cm³/mol. The molecule has 2 unspecified atom stereocenters. The lowest BCUT2D eigenvalue weighted by Gasteiger charge is -2.08. The highest BCUT2D eigenvalue weighted by Crippen LogP contribution is 2.09. The fourth-order valence-corrected chi connectivity index (χ4v) is 2.50. The molecule has 2 atom stereocenters. The predicted octanol–water partition coefficient (Wildman–Crippen LogP) is 4.08. The molecule has 0 aromatic heterocycles. The average Bonchev–Trinajstić information content (AvgIpc) is 2.68. The van der Waals surface area contributed by atoms with Gasteiger partial charge in [-0.15, -0.1) is 0 Å². The number of carbonyl (C=O) groups excluding carboxylic acids is 2. The van der Waals surface area contributed by atoms with Gasteiger partial charge in [-0.1, -0.05) is 74.5 Å². The van der Waals surface area contributed by atoms with Gasteiger partial charge < -0.3 is 9.47 Å². The minimum Gasteiger partial charge on any atom is -0.469 e. The van der Waals surface area contributed by atoms with Gasteiger partial charge in [0, 0.05) is 0 Å². The molecule has 0 heterocycles. The zero-order valence-electron chi connectivity index (χ0n) is 16.0. The number of benzene rings is 2. The zero-order chi connectivity index (χ0) is 19.4. The molecule has 0 saturated heterocycles. The van der Waals surface area contributed by atoms with E-state index in [1.165, 1.54) is 25.3 Å². The van der Waals surface area contributed by atoms with Crippen molar-refractivity contribution in [2.75, 3.05) is 14.2 Å². The molecule has 0 N–H and O–H groups in total. The van der Waals surface area contributed by atoms with Gasteiger partial charge in [-0.25, -0.2) is 0 Å². The summed E-state index contributed by atoms with van der Waals surface area (Å²) in [5.74, 6) is -0.424. The van der Waals surface area contributed by atoms with Crippen LogP contribution < -0.4 is 0 Å². The van der Waals surface area contributed by atoms with Gasteiger partial charge in [0.05, 0.1) is 26.1 Å². The van der Waals surface area contributed by atoms with E-state index in [0.29, 0.717) is 0 Å². The van der Waals surface area contributed by atoms with E-state index in [1.54, 1.807) is 0 Å². The Morgan fingerprint density at radius 1 is 0.692 bits per heavy atom. The molecular formula is C22H28O4. The Balaban J connectivity index is 0.000000260. The van der Waals surface area contributed by atoms with Crippen LogP contribution in [0.25, 0.3) is 0 Å². The average molecular weight is 356 g/mol. The van der Waals surface area contributed by atoms with Crippen LogP contribution in [0, 0.1) is 11.8 Å². The minimum atomic E-state index is -0.149. The quantitative estimate of drug-likeness (QED) is 0.732. The van der Waals surface area contributed by atoms with Gasteiger partial charge in [0.25, 0.3) is 0 Å². The van der Waals surface area contributed by atoms with Crippen molar-refractivity contribution in [2.45, 2.75) is 26.7 Å². The molecule has 0 fully saturated rings. The van der Waals surface area contributed by atoms with Gasteiger partial charge >= 0.3 is 11.9 Å². The SMILES string of the molecule is COC(=O)C(C)Cc1ccccc1.COC(=O)C(C)Cc1ccccc1. The van der Waals surface area contributed by atoms with Crippen LogP contribution in [-0.2, 0) is 31.9 Å². The summed E-state index contributed by atoms with van der Waals surface area (Å²) in [4.78, 5) is 22.2. The maximum atomic E-state index is 11.1. The van der Waals surface area contributed by atoms with Crippen molar-refractivity contribution in [3.05, 3.63) is 71.8 Å². The summed E-state index contributed by atoms with van der Waals surface area (Å²) in [6, 6.07) is 19.9. The smallest absolute Gasteiger partial charge is 0.308 e. The number of carbonyl (C=O) groups is 2. The Morgan fingerprint density at radius 3 is 1.27 bits per heavy atom. The third-order valence-electron chi connectivity index (χ3n) is 3.98. The van der Waals surface area contributed by atoms with E-state index in [9.17, 15) is 9.59 Å². The summed E-state index contributed by atoms with van der Waals surface area (Å²) in [6.07, 6.45) is 1.49. The highest BCUT2D eigenvalue weighted by Gasteiger charge is 2.13. The molecule has 2 aromatic carbocycles. The second kappa shape index (κ2) is 11.9. The van der Waals surface area contributed by atoms with Crippen molar-refractivity contribution in [1.82, 2.24) is 0 Å². The van der Waals surface area contributed by atoms with Crippen molar-refractivity contribution < 1.29 is 19.1 Å². The normalized spacial score (nSPS) is 12.2. The monoisotopic (exact) mass is 356 g/mol. The van der Waals surface area contributed by atoms with Crippen molar-refractivity contribution in [2.24, 2.45) is 11.8 Å². The Labute approximate surface area is 156 Å². The molecule has 0 aliphatic heterocycles. The summed E-state index contributed by atoms with van der Waals surface area (Å²) >= 11 is 0. The van der Waals surface area contributed by atoms with E-state index >= 15 is 0 Å². The zero-order valence-corrected chi connectivity index (χ0v) is 16.0. The molecule has 0 saturated carbocycles. The van der Waals surface area contributed by atoms with E-state index in [-0.39, 0.29) is 23.8 Å². The third kappa shape index (κ3) is 7.97. The highest BCUT2D eigenvalue weighted by atomic mass is 16.5. The number of esters is 2. The molecule has 4 nitrogen and oxygen atoms in total. The molecule has 0 aliphatic rings. The first-order valence-corrected chi connectivity index (χ1v) is 8.71. The molecule has 140 valence electrons. The van der Waals surface area contributed by atoms with Crippen LogP contribution in [0.3, 0.4) is 0 Å². The fourth-order valence-electron chi connectivity index (χ4n) is 2.50. The molecule has 0 bridgehead atoms. The van der Waals surface area contributed by atoms with Gasteiger partial charge in [-0.05, 0) is 24.0 Å². The van der Waals surface area contributed by atoms with E-state index in [4.69, 9.17) is 0 Å². The molecule has 4 heteroatoms. The van der Waals surface area contributed by atoms with E-state index in [0.717, 1.165) is 12.8 Å². The lowest BCUT2D eigenvalue weighted by molar-refractivity contribution is -0.145. The van der Waals surface area contributed by atoms with E-state index in [2.05, 4.69) is 9.47 Å². The molecule has 0 amide bonds. The topological polar surface area (TPSA) is 52.6 Å². The van der Waals surface area contributed by atoms with Crippen LogP contribution in [0.5, 0.6) is 0 Å². The first-order valence-electron chi connectivity index (χ1n) is 8.71. The molecular weight excluding hydrogens is 328 g/mol. The van der Waals surface area contributed by atoms with Gasteiger partial charge in [0.15, 0.2) is 0 Å². The van der Waals surface area contributed by atoms with E-state index in [1.807, 2.05) is 74.5 Å². The molecule has 26 heavy (non-hydrogen) atoms. The second-order valence-electron chi connectivity index (χ2n) is 6.23. The van der Waals surface area contributed by atoms with Crippen molar-refractivity contribution in [1.29, 1.82) is 0 Å². The van der Waals surface area contributed by atoms with Gasteiger partial charge in [0.2, 0.25) is 0 Å². The Kier molecular flexibility index (Phi) is 9.77. The lowest BCUT2D eigenvalue weighted by atomic mass is 10.0. The number of methoxy groups -OCH3 is 2. The third-order valence-corrected chi connectivity index (χ3v) is 3.98. The van der Waals surface area contributed by atoms with Crippen LogP contribution in [0.4, 0.5) is 0 Å². The highest BCUT2D eigenvalue weighted by molar-refractivity contribution is 5.72. The van der Waals surface area contributed by atoms with Crippen molar-refractivity contribution >= 4 is 11.9 Å². The molecule has 0 spiro atoms. The largest absolute Gasteiger partial charge is 0.469 e. The molecule has 0 radical (unpaired) electrons. The number of rotatable bonds is 6. The van der Waals surface area contributed by atoms with Crippen LogP contribution in [-0.4, -0.2) is 26.2 Å². The lowest BCUT2D eigenvalue weighted by Crippen LogP contribution is -2.14. The summed E-state index contributed by atoms with van der Waals surface area (Å²) in [7, 11) is 2.84. The fraction of sp³-hybridized carbons (Fsp3) is 0.364. The minimum absolute atomic E-state index is 0.0626. The second-order valence-corrected chi connectivity index (χ2v) is 6.23. The van der Waals surface area contributed by atoms with Gasteiger partial charge in [0.1, 0.15) is 0 Å². The summed E-state index contributed by atoms with van der Waals surface area (Å²) in [5.41, 5.74) is 2.33. The summed E-state index contributed by atoms with van der Waals surface area (Å²) < 4.78 is 9.29. The van der Waals surface area contributed by atoms with Crippen molar-refractivity contribution in [3.8, 4) is 0 Å². The van der Waals surface area contributed by atoms with Crippen molar-refractivity contribution in [3.63, 3.8) is 0 Å². The van der Waals surface area contributed by atoms with Gasteiger partial charge in [-0.3, -0.25) is 9.59 Å². The maximum absolute atomic E-state index is 11.1. The summed E-state index contributed by atoms with van der Waals surface area (Å²) in [6.45, 7) is 3.75. The Hall–Kier alpha value is -2.62. The molecule has 2 rings (SSSR count). The van der Waals surface area contributed by atoms with E-state index < -0.39 is 0 Å². The van der Waals surface area contributed by atoms with Crippen LogP contribution in [0.15, 0.2) is 60.7 Å². The Bertz CT molecular complexity index is 593. The van der Waals surface area contributed by atoms with Crippen LogP contribution >= 0.6 is 0 Å². The maximum Gasteiger partial charge on any atom is 0.308 e. The number of ether oxygens (including phenoxy) is 2. The number of hydrogen-bond donors (Lipinski definition) is 0. The molecule has 2 aromatic rings. The first-order chi connectivity index (χ1) is 12.5.